The fraction of sp³-hybridized carbons (Fsp3) is 0.222. The van der Waals surface area contributed by atoms with Crippen LogP contribution in [-0.4, -0.2) is 33.3 Å². The average molecular weight is 448 g/mol. The van der Waals surface area contributed by atoms with E-state index in [0.717, 1.165) is 34.5 Å². The second-order valence-corrected chi connectivity index (χ2v) is 8.43. The molecule has 11 heteroatoms. The van der Waals surface area contributed by atoms with Crippen molar-refractivity contribution in [3.05, 3.63) is 64.2 Å². The normalized spacial score (nSPS) is 12.2. The van der Waals surface area contributed by atoms with Crippen LogP contribution in [0.3, 0.4) is 0 Å². The van der Waals surface area contributed by atoms with E-state index in [4.69, 9.17) is 11.6 Å². The van der Waals surface area contributed by atoms with Crippen molar-refractivity contribution in [2.45, 2.75) is 13.1 Å². The molecule has 29 heavy (non-hydrogen) atoms. The van der Waals surface area contributed by atoms with Crippen molar-refractivity contribution >= 4 is 39.4 Å². The fourth-order valence-electron chi connectivity index (χ4n) is 2.28. The molecule has 0 fully saturated rings. The van der Waals surface area contributed by atoms with Crippen LogP contribution in [0.25, 0.3) is 0 Å². The molecule has 0 atom stereocenters. The number of hydrogen-bond donors (Lipinski definition) is 1. The molecule has 2 aromatic rings. The molecule has 6 nitrogen and oxygen atoms in total. The van der Waals surface area contributed by atoms with Crippen molar-refractivity contribution in [1.29, 1.82) is 0 Å². The Hall–Kier alpha value is -2.59. The third-order valence-electron chi connectivity index (χ3n) is 3.75. The number of halogens is 4. The van der Waals surface area contributed by atoms with Crippen LogP contribution >= 0.6 is 11.6 Å². The van der Waals surface area contributed by atoms with Gasteiger partial charge in [-0.1, -0.05) is 29.8 Å². The molecule has 1 N–H and O–H groups in total. The first-order chi connectivity index (χ1) is 13.4. The van der Waals surface area contributed by atoms with Crippen molar-refractivity contribution in [3.8, 4) is 0 Å². The highest BCUT2D eigenvalue weighted by Gasteiger charge is 2.30. The lowest BCUT2D eigenvalue weighted by molar-refractivity contribution is -0.137. The number of rotatable bonds is 6. The number of anilines is 1. The number of nitrogens with zero attached hydrogens (tertiary/aromatic N) is 2. The van der Waals surface area contributed by atoms with Crippen LogP contribution in [-0.2, 0) is 21.0 Å². The van der Waals surface area contributed by atoms with E-state index in [9.17, 15) is 26.4 Å². The summed E-state index contributed by atoms with van der Waals surface area (Å²) in [4.78, 5) is 12.1. The van der Waals surface area contributed by atoms with Gasteiger partial charge in [0.05, 0.1) is 23.7 Å². The zero-order valence-electron chi connectivity index (χ0n) is 15.4. The van der Waals surface area contributed by atoms with Gasteiger partial charge in [0.15, 0.2) is 0 Å². The summed E-state index contributed by atoms with van der Waals surface area (Å²) in [6, 6.07) is 8.89. The smallest absolute Gasteiger partial charge is 0.271 e. The van der Waals surface area contributed by atoms with E-state index in [-0.39, 0.29) is 11.3 Å². The minimum absolute atomic E-state index is 0.116. The Morgan fingerprint density at radius 2 is 1.93 bits per heavy atom. The average Bonchev–Trinajstić information content (AvgIpc) is 2.61. The third-order valence-corrected chi connectivity index (χ3v) is 5.30. The summed E-state index contributed by atoms with van der Waals surface area (Å²) in [6.45, 7) is 1.16. The Morgan fingerprint density at radius 1 is 1.24 bits per heavy atom. The molecular weight excluding hydrogens is 431 g/mol. The Labute approximate surface area is 171 Å². The van der Waals surface area contributed by atoms with Crippen LogP contribution in [0.2, 0.25) is 5.02 Å². The molecule has 0 saturated heterocycles. The number of amides is 1. The lowest BCUT2D eigenvalue weighted by Crippen LogP contribution is -2.39. The number of hydrogen-bond acceptors (Lipinski definition) is 4. The van der Waals surface area contributed by atoms with Crippen molar-refractivity contribution in [3.63, 3.8) is 0 Å². The van der Waals surface area contributed by atoms with E-state index in [1.165, 1.54) is 24.3 Å². The zero-order chi connectivity index (χ0) is 21.8. The first kappa shape index (κ1) is 22.7. The standard InChI is InChI=1S/C18H17ClF3N3O3S/c1-12-6-7-15(9-16(12)19)25(29(2,27)28)11-17(26)24-23-10-13-4-3-5-14(8-13)18(20,21)22/h3-10H,11H2,1-2H3,(H,24,26)/b23-10-. The second-order valence-electron chi connectivity index (χ2n) is 6.12. The Morgan fingerprint density at radius 3 is 2.52 bits per heavy atom. The fourth-order valence-corrected chi connectivity index (χ4v) is 3.30. The topological polar surface area (TPSA) is 78.8 Å². The van der Waals surface area contributed by atoms with Gasteiger partial charge in [0.2, 0.25) is 10.0 Å². The molecule has 0 radical (unpaired) electrons. The van der Waals surface area contributed by atoms with Gasteiger partial charge in [0, 0.05) is 5.02 Å². The minimum Gasteiger partial charge on any atom is -0.271 e. The first-order valence-corrected chi connectivity index (χ1v) is 10.3. The highest BCUT2D eigenvalue weighted by Crippen LogP contribution is 2.29. The quantitative estimate of drug-likeness (QED) is 0.543. The molecule has 0 spiro atoms. The van der Waals surface area contributed by atoms with E-state index < -0.39 is 34.2 Å². The second kappa shape index (κ2) is 8.83. The summed E-state index contributed by atoms with van der Waals surface area (Å²) >= 11 is 6.02. The van der Waals surface area contributed by atoms with Crippen LogP contribution in [0.5, 0.6) is 0 Å². The number of carbonyl (C=O) groups is 1. The number of aryl methyl sites for hydroxylation is 1. The molecule has 0 aromatic heterocycles. The van der Waals surface area contributed by atoms with Crippen molar-refractivity contribution in [2.75, 3.05) is 17.1 Å². The first-order valence-electron chi connectivity index (χ1n) is 8.11. The SMILES string of the molecule is Cc1ccc(N(CC(=O)N/N=C\c2cccc(C(F)(F)F)c2)S(C)(=O)=O)cc1Cl. The summed E-state index contributed by atoms with van der Waals surface area (Å²) < 4.78 is 63.0. The van der Waals surface area contributed by atoms with Crippen LogP contribution in [0.4, 0.5) is 18.9 Å². The maximum atomic E-state index is 12.7. The van der Waals surface area contributed by atoms with Crippen LogP contribution in [0.15, 0.2) is 47.6 Å². The number of nitrogens with one attached hydrogen (secondary N) is 1. The lowest BCUT2D eigenvalue weighted by atomic mass is 10.1. The Bertz CT molecular complexity index is 1040. The molecule has 0 bridgehead atoms. The van der Waals surface area contributed by atoms with Gasteiger partial charge in [-0.3, -0.25) is 9.10 Å². The van der Waals surface area contributed by atoms with Gasteiger partial charge in [-0.2, -0.15) is 18.3 Å². The van der Waals surface area contributed by atoms with Gasteiger partial charge >= 0.3 is 6.18 Å². The summed E-state index contributed by atoms with van der Waals surface area (Å²) in [5.74, 6) is -0.782. The predicted octanol–water partition coefficient (Wildman–Crippen LogP) is 3.58. The Balaban J connectivity index is 2.11. The molecular formula is C18H17ClF3N3O3S. The van der Waals surface area contributed by atoms with Gasteiger partial charge in [0.25, 0.3) is 5.91 Å². The van der Waals surface area contributed by atoms with E-state index in [0.29, 0.717) is 5.02 Å². The highest BCUT2D eigenvalue weighted by atomic mass is 35.5. The molecule has 0 saturated carbocycles. The molecule has 1 amide bonds. The lowest BCUT2D eigenvalue weighted by Gasteiger charge is -2.21. The minimum atomic E-state index is -4.50. The number of sulfonamides is 1. The van der Waals surface area contributed by atoms with Crippen molar-refractivity contribution < 1.29 is 26.4 Å². The van der Waals surface area contributed by atoms with E-state index in [2.05, 4.69) is 10.5 Å². The van der Waals surface area contributed by atoms with Crippen LogP contribution in [0.1, 0.15) is 16.7 Å². The maximum absolute atomic E-state index is 12.7. The van der Waals surface area contributed by atoms with Crippen LogP contribution < -0.4 is 9.73 Å². The van der Waals surface area contributed by atoms with E-state index >= 15 is 0 Å². The predicted molar refractivity (Wildman–Crippen MR) is 106 cm³/mol. The molecule has 0 aliphatic rings. The van der Waals surface area contributed by atoms with Crippen molar-refractivity contribution in [2.24, 2.45) is 5.10 Å². The summed E-state index contributed by atoms with van der Waals surface area (Å²) in [5, 5.41) is 3.92. The molecule has 156 valence electrons. The van der Waals surface area contributed by atoms with Gasteiger partial charge in [0.1, 0.15) is 6.54 Å². The number of benzene rings is 2. The van der Waals surface area contributed by atoms with E-state index in [1.807, 2.05) is 0 Å². The number of alkyl halides is 3. The van der Waals surface area contributed by atoms with Crippen molar-refractivity contribution in [1.82, 2.24) is 5.43 Å². The van der Waals surface area contributed by atoms with Gasteiger partial charge in [-0.25, -0.2) is 13.8 Å². The summed E-state index contributed by atoms with van der Waals surface area (Å²) in [7, 11) is -3.80. The number of carbonyl (C=O) groups excluding carboxylic acids is 1. The highest BCUT2D eigenvalue weighted by molar-refractivity contribution is 7.92. The van der Waals surface area contributed by atoms with E-state index in [1.54, 1.807) is 13.0 Å². The molecule has 0 unspecified atom stereocenters. The summed E-state index contributed by atoms with van der Waals surface area (Å²) in [6.07, 6.45) is -2.54. The van der Waals surface area contributed by atoms with Gasteiger partial charge in [-0.15, -0.1) is 0 Å². The molecule has 2 aromatic carbocycles. The molecule has 0 aliphatic heterocycles. The third kappa shape index (κ3) is 6.47. The largest absolute Gasteiger partial charge is 0.416 e. The maximum Gasteiger partial charge on any atom is 0.416 e. The molecule has 0 aliphatic carbocycles. The van der Waals surface area contributed by atoms with Gasteiger partial charge in [-0.05, 0) is 42.3 Å². The zero-order valence-corrected chi connectivity index (χ0v) is 16.9. The molecule has 2 rings (SSSR count). The number of hydrazone groups is 1. The van der Waals surface area contributed by atoms with Gasteiger partial charge < -0.3 is 0 Å². The Kier molecular flexibility index (Phi) is 6.91. The van der Waals surface area contributed by atoms with Crippen LogP contribution in [0, 0.1) is 6.92 Å². The monoisotopic (exact) mass is 447 g/mol. The summed E-state index contributed by atoms with van der Waals surface area (Å²) in [5.41, 5.74) is 2.29. The molecule has 0 heterocycles.